The zero-order valence-electron chi connectivity index (χ0n) is 15.1. The number of ether oxygens (including phenoxy) is 2. The Morgan fingerprint density at radius 2 is 1.84 bits per heavy atom. The predicted molar refractivity (Wildman–Crippen MR) is 98.0 cm³/mol. The molecule has 1 amide bonds. The van der Waals surface area contributed by atoms with Gasteiger partial charge < -0.3 is 14.4 Å². The maximum absolute atomic E-state index is 12.5. The molecule has 0 bridgehead atoms. The molecule has 0 saturated carbocycles. The second kappa shape index (κ2) is 7.18. The largest absolute Gasteiger partial charge is 0.497 e. The molecule has 1 aliphatic heterocycles. The van der Waals surface area contributed by atoms with Crippen molar-refractivity contribution in [3.05, 3.63) is 59.7 Å². The molecular weight excluding hydrogens is 314 g/mol. The fraction of sp³-hybridized carbons (Fsp3) is 0.381. The zero-order chi connectivity index (χ0) is 17.9. The van der Waals surface area contributed by atoms with Crippen LogP contribution in [0.2, 0.25) is 0 Å². The summed E-state index contributed by atoms with van der Waals surface area (Å²) in [5.74, 6) is 1.70. The molecule has 3 rings (SSSR count). The van der Waals surface area contributed by atoms with Gasteiger partial charge in [-0.05, 0) is 24.1 Å². The molecule has 1 heterocycles. The smallest absolute Gasteiger partial charge is 0.222 e. The Morgan fingerprint density at radius 1 is 1.08 bits per heavy atom. The number of benzene rings is 2. The van der Waals surface area contributed by atoms with Crippen molar-refractivity contribution in [2.45, 2.75) is 31.7 Å². The van der Waals surface area contributed by atoms with Gasteiger partial charge in [0.05, 0.1) is 14.2 Å². The van der Waals surface area contributed by atoms with Gasteiger partial charge in [-0.3, -0.25) is 4.79 Å². The predicted octanol–water partition coefficient (Wildman–Crippen LogP) is 3.78. The highest BCUT2D eigenvalue weighted by molar-refractivity contribution is 5.77. The van der Waals surface area contributed by atoms with E-state index in [1.165, 1.54) is 5.56 Å². The van der Waals surface area contributed by atoms with Crippen molar-refractivity contribution < 1.29 is 14.3 Å². The summed E-state index contributed by atoms with van der Waals surface area (Å²) in [5.41, 5.74) is 2.26. The first-order valence-corrected chi connectivity index (χ1v) is 8.60. The van der Waals surface area contributed by atoms with Crippen LogP contribution in [0.3, 0.4) is 0 Å². The van der Waals surface area contributed by atoms with Crippen LogP contribution in [0.5, 0.6) is 11.5 Å². The van der Waals surface area contributed by atoms with Crippen LogP contribution in [-0.2, 0) is 16.8 Å². The van der Waals surface area contributed by atoms with Gasteiger partial charge in [0, 0.05) is 36.6 Å². The topological polar surface area (TPSA) is 38.8 Å². The summed E-state index contributed by atoms with van der Waals surface area (Å²) >= 11 is 0. The van der Waals surface area contributed by atoms with E-state index in [2.05, 4.69) is 31.2 Å². The minimum absolute atomic E-state index is 0.0190. The summed E-state index contributed by atoms with van der Waals surface area (Å²) in [6.07, 6.45) is 1.45. The zero-order valence-corrected chi connectivity index (χ0v) is 15.1. The highest BCUT2D eigenvalue weighted by Crippen LogP contribution is 2.35. The molecule has 0 spiro atoms. The number of piperidine rings is 1. The molecule has 4 heteroatoms. The van der Waals surface area contributed by atoms with Crippen molar-refractivity contribution in [3.8, 4) is 11.5 Å². The van der Waals surface area contributed by atoms with Crippen LogP contribution in [0.15, 0.2) is 48.5 Å². The van der Waals surface area contributed by atoms with Crippen LogP contribution in [0, 0.1) is 0 Å². The van der Waals surface area contributed by atoms with Crippen molar-refractivity contribution in [3.63, 3.8) is 0 Å². The van der Waals surface area contributed by atoms with E-state index in [4.69, 9.17) is 9.47 Å². The maximum atomic E-state index is 12.5. The summed E-state index contributed by atoms with van der Waals surface area (Å²) in [7, 11) is 3.28. The Hall–Kier alpha value is -2.49. The lowest BCUT2D eigenvalue weighted by molar-refractivity contribution is -0.136. The first-order chi connectivity index (χ1) is 12.1. The lowest BCUT2D eigenvalue weighted by atomic mass is 9.75. The molecule has 1 atom stereocenters. The van der Waals surface area contributed by atoms with Crippen LogP contribution in [0.25, 0.3) is 0 Å². The van der Waals surface area contributed by atoms with Gasteiger partial charge in [-0.2, -0.15) is 0 Å². The maximum Gasteiger partial charge on any atom is 0.222 e. The molecule has 132 valence electrons. The number of hydrogen-bond acceptors (Lipinski definition) is 3. The first kappa shape index (κ1) is 17.3. The molecule has 0 aromatic heterocycles. The molecular formula is C21H25NO3. The van der Waals surface area contributed by atoms with E-state index < -0.39 is 0 Å². The van der Waals surface area contributed by atoms with Gasteiger partial charge >= 0.3 is 0 Å². The highest BCUT2D eigenvalue weighted by atomic mass is 16.5. The van der Waals surface area contributed by atoms with Crippen molar-refractivity contribution in [1.29, 1.82) is 0 Å². The highest BCUT2D eigenvalue weighted by Gasteiger charge is 2.36. The quantitative estimate of drug-likeness (QED) is 0.832. The Bertz CT molecular complexity index is 744. The monoisotopic (exact) mass is 339 g/mol. The van der Waals surface area contributed by atoms with E-state index in [0.717, 1.165) is 23.5 Å². The molecule has 1 fully saturated rings. The number of rotatable bonds is 5. The second-order valence-electron chi connectivity index (χ2n) is 6.85. The molecule has 25 heavy (non-hydrogen) atoms. The van der Waals surface area contributed by atoms with Gasteiger partial charge in [0.2, 0.25) is 5.91 Å². The van der Waals surface area contributed by atoms with E-state index in [1.807, 2.05) is 29.2 Å². The summed E-state index contributed by atoms with van der Waals surface area (Å²) in [6, 6.07) is 16.2. The van der Waals surface area contributed by atoms with Crippen LogP contribution >= 0.6 is 0 Å². The van der Waals surface area contributed by atoms with E-state index in [0.29, 0.717) is 19.5 Å². The van der Waals surface area contributed by atoms with Crippen molar-refractivity contribution >= 4 is 5.91 Å². The molecule has 0 aliphatic carbocycles. The average molecular weight is 339 g/mol. The van der Waals surface area contributed by atoms with E-state index >= 15 is 0 Å². The third-order valence-corrected chi connectivity index (χ3v) is 5.11. The third-order valence-electron chi connectivity index (χ3n) is 5.11. The minimum atomic E-state index is -0.0190. The van der Waals surface area contributed by atoms with Crippen molar-refractivity contribution in [2.24, 2.45) is 0 Å². The Morgan fingerprint density at radius 3 is 2.52 bits per heavy atom. The van der Waals surface area contributed by atoms with Crippen LogP contribution < -0.4 is 9.47 Å². The normalized spacial score (nSPS) is 20.4. The van der Waals surface area contributed by atoms with Gasteiger partial charge in [0.15, 0.2) is 0 Å². The van der Waals surface area contributed by atoms with Gasteiger partial charge in [-0.25, -0.2) is 0 Å². The summed E-state index contributed by atoms with van der Waals surface area (Å²) in [6.45, 7) is 3.51. The van der Waals surface area contributed by atoms with Gasteiger partial charge in [0.1, 0.15) is 11.5 Å². The van der Waals surface area contributed by atoms with Gasteiger partial charge in [-0.15, -0.1) is 0 Å². The molecule has 0 unspecified atom stereocenters. The molecule has 1 aliphatic rings. The van der Waals surface area contributed by atoms with Gasteiger partial charge in [0.25, 0.3) is 0 Å². The molecule has 1 saturated heterocycles. The van der Waals surface area contributed by atoms with Crippen molar-refractivity contribution in [2.75, 3.05) is 20.8 Å². The Balaban J connectivity index is 1.83. The van der Waals surface area contributed by atoms with Crippen LogP contribution in [-0.4, -0.2) is 31.6 Å². The average Bonchev–Trinajstić information content (AvgIpc) is 2.66. The van der Waals surface area contributed by atoms with E-state index in [-0.39, 0.29) is 11.3 Å². The number of likely N-dealkylation sites (tertiary alicyclic amines) is 1. The number of methoxy groups -OCH3 is 2. The molecule has 0 radical (unpaired) electrons. The lowest BCUT2D eigenvalue weighted by Crippen LogP contribution is -2.47. The number of carbonyl (C=O) groups is 1. The fourth-order valence-corrected chi connectivity index (χ4v) is 3.54. The molecule has 2 aromatic rings. The first-order valence-electron chi connectivity index (χ1n) is 8.60. The third kappa shape index (κ3) is 3.63. The second-order valence-corrected chi connectivity index (χ2v) is 6.85. The molecule has 0 N–H and O–H groups in total. The summed E-state index contributed by atoms with van der Waals surface area (Å²) in [5, 5.41) is 0. The number of carbonyl (C=O) groups excluding carboxylic acids is 1. The molecule has 2 aromatic carbocycles. The van der Waals surface area contributed by atoms with E-state index in [1.54, 1.807) is 14.2 Å². The van der Waals surface area contributed by atoms with E-state index in [9.17, 15) is 4.79 Å². The number of amides is 1. The summed E-state index contributed by atoms with van der Waals surface area (Å²) < 4.78 is 10.7. The SMILES string of the molecule is COc1ccc(CN2C[C@](C)(c3ccccc3)CCC2=O)c(OC)c1. The fourth-order valence-electron chi connectivity index (χ4n) is 3.54. The van der Waals surface area contributed by atoms with Crippen molar-refractivity contribution in [1.82, 2.24) is 4.90 Å². The van der Waals surface area contributed by atoms with Crippen LogP contribution in [0.1, 0.15) is 30.9 Å². The minimum Gasteiger partial charge on any atom is -0.497 e. The Kier molecular flexibility index (Phi) is 4.98. The number of hydrogen-bond donors (Lipinski definition) is 0. The number of nitrogens with zero attached hydrogens (tertiary/aromatic N) is 1. The lowest BCUT2D eigenvalue weighted by Gasteiger charge is -2.41. The Labute approximate surface area is 149 Å². The van der Waals surface area contributed by atoms with Crippen LogP contribution in [0.4, 0.5) is 0 Å². The van der Waals surface area contributed by atoms with Gasteiger partial charge in [-0.1, -0.05) is 37.3 Å². The molecule has 4 nitrogen and oxygen atoms in total. The standard InChI is InChI=1S/C21H25NO3/c1-21(17-7-5-4-6-8-17)12-11-20(23)22(15-21)14-16-9-10-18(24-2)13-19(16)25-3/h4-10,13H,11-12,14-15H2,1-3H3/t21-/m1/s1. The summed E-state index contributed by atoms with van der Waals surface area (Å²) in [4.78, 5) is 14.4.